The molecule has 7 heteroatoms. The fourth-order valence-electron chi connectivity index (χ4n) is 2.28. The number of anilines is 3. The molecule has 0 saturated carbocycles. The molecular formula is C17H15ClN4O2. The van der Waals surface area contributed by atoms with Gasteiger partial charge in [0, 0.05) is 28.8 Å². The van der Waals surface area contributed by atoms with Gasteiger partial charge in [-0.1, -0.05) is 11.6 Å². The molecule has 0 aliphatic carbocycles. The van der Waals surface area contributed by atoms with E-state index in [4.69, 9.17) is 16.3 Å². The standard InChI is InChI=1S/C17H15ClN4O2/c1-22(17(23)24-2)13-6-4-12(5-7-13)21-16-14-8-3-11(18)9-15(14)19-10-20-16/h3-10H,1-2H3,(H,19,20,21). The van der Waals surface area contributed by atoms with Gasteiger partial charge in [-0.3, -0.25) is 4.90 Å². The van der Waals surface area contributed by atoms with Crippen molar-refractivity contribution in [3.63, 3.8) is 0 Å². The number of methoxy groups -OCH3 is 1. The molecule has 3 aromatic rings. The summed E-state index contributed by atoms with van der Waals surface area (Å²) in [6, 6.07) is 12.8. The van der Waals surface area contributed by atoms with Crippen molar-refractivity contribution in [1.82, 2.24) is 9.97 Å². The van der Waals surface area contributed by atoms with Gasteiger partial charge in [0.25, 0.3) is 0 Å². The summed E-state index contributed by atoms with van der Waals surface area (Å²) in [5.41, 5.74) is 2.33. The van der Waals surface area contributed by atoms with Crippen LogP contribution in [0, 0.1) is 0 Å². The summed E-state index contributed by atoms with van der Waals surface area (Å²) in [6.45, 7) is 0. The molecule has 0 spiro atoms. The second kappa shape index (κ2) is 6.72. The first-order valence-corrected chi connectivity index (χ1v) is 7.55. The van der Waals surface area contributed by atoms with Gasteiger partial charge in [0.1, 0.15) is 12.1 Å². The van der Waals surface area contributed by atoms with Crippen LogP contribution < -0.4 is 10.2 Å². The predicted octanol–water partition coefficient (Wildman–Crippen LogP) is 4.23. The molecule has 3 rings (SSSR count). The van der Waals surface area contributed by atoms with E-state index in [1.807, 2.05) is 30.3 Å². The van der Waals surface area contributed by atoms with Gasteiger partial charge in [-0.25, -0.2) is 14.8 Å². The Bertz CT molecular complexity index is 883. The van der Waals surface area contributed by atoms with E-state index < -0.39 is 6.09 Å². The van der Waals surface area contributed by atoms with Crippen LogP contribution in [-0.2, 0) is 4.74 Å². The summed E-state index contributed by atoms with van der Waals surface area (Å²) in [7, 11) is 3.00. The van der Waals surface area contributed by atoms with Crippen LogP contribution in [0.1, 0.15) is 0 Å². The Kier molecular flexibility index (Phi) is 4.48. The van der Waals surface area contributed by atoms with Crippen molar-refractivity contribution in [1.29, 1.82) is 0 Å². The highest BCUT2D eigenvalue weighted by Crippen LogP contribution is 2.26. The molecule has 0 fully saturated rings. The lowest BCUT2D eigenvalue weighted by molar-refractivity contribution is 0.180. The Balaban J connectivity index is 1.86. The smallest absolute Gasteiger partial charge is 0.413 e. The Morgan fingerprint density at radius 3 is 2.62 bits per heavy atom. The SMILES string of the molecule is COC(=O)N(C)c1ccc(Nc2ncnc3cc(Cl)ccc23)cc1. The quantitative estimate of drug-likeness (QED) is 0.771. The zero-order valence-corrected chi connectivity index (χ0v) is 13.9. The predicted molar refractivity (Wildman–Crippen MR) is 95.1 cm³/mol. The van der Waals surface area contributed by atoms with Crippen molar-refractivity contribution >= 4 is 45.8 Å². The Labute approximate surface area is 144 Å². The number of hydrogen-bond acceptors (Lipinski definition) is 5. The van der Waals surface area contributed by atoms with E-state index in [0.717, 1.165) is 22.3 Å². The molecule has 1 heterocycles. The summed E-state index contributed by atoms with van der Waals surface area (Å²) in [4.78, 5) is 21.4. The number of ether oxygens (including phenoxy) is 1. The minimum Gasteiger partial charge on any atom is -0.452 e. The average Bonchev–Trinajstić information content (AvgIpc) is 2.61. The number of nitrogens with zero attached hydrogens (tertiary/aromatic N) is 3. The molecule has 0 bridgehead atoms. The van der Waals surface area contributed by atoms with E-state index in [1.54, 1.807) is 19.2 Å². The van der Waals surface area contributed by atoms with E-state index in [0.29, 0.717) is 10.8 Å². The number of halogens is 1. The van der Waals surface area contributed by atoms with Crippen LogP contribution in [0.15, 0.2) is 48.8 Å². The van der Waals surface area contributed by atoms with E-state index in [-0.39, 0.29) is 0 Å². The van der Waals surface area contributed by atoms with Crippen molar-refractivity contribution in [2.24, 2.45) is 0 Å². The van der Waals surface area contributed by atoms with Crippen molar-refractivity contribution in [2.45, 2.75) is 0 Å². The maximum Gasteiger partial charge on any atom is 0.413 e. The molecule has 0 atom stereocenters. The first kappa shape index (κ1) is 16.0. The number of carbonyl (C=O) groups excluding carboxylic acids is 1. The van der Waals surface area contributed by atoms with Crippen LogP contribution in [0.25, 0.3) is 10.9 Å². The van der Waals surface area contributed by atoms with Gasteiger partial charge < -0.3 is 10.1 Å². The number of benzene rings is 2. The highest BCUT2D eigenvalue weighted by molar-refractivity contribution is 6.31. The van der Waals surface area contributed by atoms with E-state index in [1.165, 1.54) is 18.3 Å². The van der Waals surface area contributed by atoms with Crippen LogP contribution in [0.4, 0.5) is 22.0 Å². The van der Waals surface area contributed by atoms with Crippen LogP contribution in [0.2, 0.25) is 5.02 Å². The van der Waals surface area contributed by atoms with E-state index in [2.05, 4.69) is 15.3 Å². The van der Waals surface area contributed by atoms with Gasteiger partial charge in [0.05, 0.1) is 12.6 Å². The zero-order valence-electron chi connectivity index (χ0n) is 13.2. The van der Waals surface area contributed by atoms with Crippen LogP contribution in [0.5, 0.6) is 0 Å². The van der Waals surface area contributed by atoms with Gasteiger partial charge in [0.15, 0.2) is 0 Å². The van der Waals surface area contributed by atoms with Crippen molar-refractivity contribution < 1.29 is 9.53 Å². The highest BCUT2D eigenvalue weighted by atomic mass is 35.5. The third-order valence-corrected chi connectivity index (χ3v) is 3.80. The fourth-order valence-corrected chi connectivity index (χ4v) is 2.44. The number of nitrogens with one attached hydrogen (secondary N) is 1. The van der Waals surface area contributed by atoms with Crippen molar-refractivity contribution in [2.75, 3.05) is 24.4 Å². The fraction of sp³-hybridized carbons (Fsp3) is 0.118. The Morgan fingerprint density at radius 1 is 1.17 bits per heavy atom. The normalized spacial score (nSPS) is 10.5. The molecule has 1 amide bonds. The van der Waals surface area contributed by atoms with Gasteiger partial charge in [-0.05, 0) is 42.5 Å². The topological polar surface area (TPSA) is 67.3 Å². The molecule has 0 unspecified atom stereocenters. The Morgan fingerprint density at radius 2 is 1.92 bits per heavy atom. The van der Waals surface area contributed by atoms with Gasteiger partial charge in [-0.2, -0.15) is 0 Å². The first-order valence-electron chi connectivity index (χ1n) is 7.17. The molecular weight excluding hydrogens is 328 g/mol. The minimum atomic E-state index is -0.422. The average molecular weight is 343 g/mol. The maximum absolute atomic E-state index is 11.5. The van der Waals surface area contributed by atoms with Crippen LogP contribution >= 0.6 is 11.6 Å². The Hall–Kier alpha value is -2.86. The number of fused-ring (bicyclic) bond motifs is 1. The number of hydrogen-bond donors (Lipinski definition) is 1. The third-order valence-electron chi connectivity index (χ3n) is 3.56. The molecule has 0 aliphatic rings. The third kappa shape index (κ3) is 3.23. The molecule has 0 aliphatic heterocycles. The molecule has 0 saturated heterocycles. The number of amides is 1. The second-order valence-corrected chi connectivity index (χ2v) is 5.52. The maximum atomic E-state index is 11.5. The van der Waals surface area contributed by atoms with Crippen molar-refractivity contribution in [3.05, 3.63) is 53.8 Å². The molecule has 24 heavy (non-hydrogen) atoms. The lowest BCUT2D eigenvalue weighted by atomic mass is 10.2. The summed E-state index contributed by atoms with van der Waals surface area (Å²) in [5, 5.41) is 4.75. The van der Waals surface area contributed by atoms with E-state index >= 15 is 0 Å². The number of aromatic nitrogens is 2. The molecule has 122 valence electrons. The molecule has 0 radical (unpaired) electrons. The lowest BCUT2D eigenvalue weighted by Gasteiger charge is -2.16. The van der Waals surface area contributed by atoms with Crippen LogP contribution in [0.3, 0.4) is 0 Å². The van der Waals surface area contributed by atoms with Gasteiger partial charge in [-0.15, -0.1) is 0 Å². The molecule has 6 nitrogen and oxygen atoms in total. The molecule has 1 N–H and O–H groups in total. The largest absolute Gasteiger partial charge is 0.452 e. The summed E-state index contributed by atoms with van der Waals surface area (Å²) in [6.07, 6.45) is 1.06. The van der Waals surface area contributed by atoms with Crippen molar-refractivity contribution in [3.8, 4) is 0 Å². The molecule has 2 aromatic carbocycles. The molecule has 1 aromatic heterocycles. The first-order chi connectivity index (χ1) is 11.6. The van der Waals surface area contributed by atoms with Gasteiger partial charge in [0.2, 0.25) is 0 Å². The number of carbonyl (C=O) groups is 1. The lowest BCUT2D eigenvalue weighted by Crippen LogP contribution is -2.25. The minimum absolute atomic E-state index is 0.422. The highest BCUT2D eigenvalue weighted by Gasteiger charge is 2.10. The second-order valence-electron chi connectivity index (χ2n) is 5.08. The van der Waals surface area contributed by atoms with Gasteiger partial charge >= 0.3 is 6.09 Å². The summed E-state index contributed by atoms with van der Waals surface area (Å²) < 4.78 is 4.69. The zero-order chi connectivity index (χ0) is 17.1. The summed E-state index contributed by atoms with van der Waals surface area (Å²) >= 11 is 5.99. The monoisotopic (exact) mass is 342 g/mol. The summed E-state index contributed by atoms with van der Waals surface area (Å²) in [5.74, 6) is 0.686. The van der Waals surface area contributed by atoms with E-state index in [9.17, 15) is 4.79 Å². The number of rotatable bonds is 3. The van der Waals surface area contributed by atoms with Crippen LogP contribution in [-0.4, -0.2) is 30.2 Å².